The number of carbonyl (C=O) groups is 2. The third kappa shape index (κ3) is 6.89. The van der Waals surface area contributed by atoms with Gasteiger partial charge in [0, 0.05) is 38.1 Å². The zero-order valence-electron chi connectivity index (χ0n) is 19.7. The number of anilines is 1. The summed E-state index contributed by atoms with van der Waals surface area (Å²) in [6, 6.07) is 7.92. The molecule has 2 aromatic rings. The topological polar surface area (TPSA) is 108 Å². The Morgan fingerprint density at radius 2 is 1.97 bits per heavy atom. The van der Waals surface area contributed by atoms with Crippen LogP contribution >= 0.6 is 0 Å². The smallest absolute Gasteiger partial charge is 0.408 e. The second kappa shape index (κ2) is 10.6. The van der Waals surface area contributed by atoms with Crippen molar-refractivity contribution in [1.82, 2.24) is 20.2 Å². The number of alkyl carbamates (subject to hydrolysis) is 1. The van der Waals surface area contributed by atoms with Gasteiger partial charge in [-0.3, -0.25) is 4.79 Å². The summed E-state index contributed by atoms with van der Waals surface area (Å²) >= 11 is 0. The first-order valence-corrected chi connectivity index (χ1v) is 11.2. The molecule has 1 aromatic heterocycles. The van der Waals surface area contributed by atoms with Gasteiger partial charge in [-0.15, -0.1) is 0 Å². The molecule has 1 aliphatic heterocycles. The molecule has 178 valence electrons. The number of carbonyl (C=O) groups excluding carboxylic acids is 2. The van der Waals surface area contributed by atoms with Gasteiger partial charge in [0.25, 0.3) is 0 Å². The molecule has 0 radical (unpaired) electrons. The molecule has 3 rings (SSSR count). The van der Waals surface area contributed by atoms with Crippen LogP contribution in [-0.4, -0.2) is 70.4 Å². The highest BCUT2D eigenvalue weighted by Crippen LogP contribution is 2.24. The summed E-state index contributed by atoms with van der Waals surface area (Å²) in [5, 5.41) is 12.0. The first-order valence-electron chi connectivity index (χ1n) is 11.2. The number of likely N-dealkylation sites (N-methyl/N-ethyl adjacent to an activating group) is 1. The number of hydrogen-bond donors (Lipinski definition) is 2. The maximum Gasteiger partial charge on any atom is 0.408 e. The van der Waals surface area contributed by atoms with Crippen molar-refractivity contribution >= 4 is 17.9 Å². The lowest BCUT2D eigenvalue weighted by Gasteiger charge is -2.22. The van der Waals surface area contributed by atoms with Gasteiger partial charge in [0.2, 0.25) is 11.9 Å². The monoisotopic (exact) mass is 455 g/mol. The Kier molecular flexibility index (Phi) is 7.86. The van der Waals surface area contributed by atoms with Gasteiger partial charge in [0.1, 0.15) is 12.1 Å². The predicted molar refractivity (Wildman–Crippen MR) is 126 cm³/mol. The van der Waals surface area contributed by atoms with Crippen molar-refractivity contribution < 1.29 is 19.4 Å². The summed E-state index contributed by atoms with van der Waals surface area (Å²) in [7, 11) is 1.69. The van der Waals surface area contributed by atoms with Crippen molar-refractivity contribution in [1.29, 1.82) is 0 Å². The number of benzene rings is 1. The number of aromatic nitrogens is 2. The lowest BCUT2D eigenvalue weighted by Crippen LogP contribution is -2.40. The molecule has 9 heteroatoms. The third-order valence-corrected chi connectivity index (χ3v) is 5.37. The zero-order valence-corrected chi connectivity index (χ0v) is 19.7. The molecule has 1 aromatic carbocycles. The molecule has 0 saturated carbocycles. The largest absolute Gasteiger partial charge is 0.444 e. The Hall–Kier alpha value is -3.20. The molecule has 1 atom stereocenters. The number of ether oxygens (including phenoxy) is 1. The second-order valence-corrected chi connectivity index (χ2v) is 9.25. The van der Waals surface area contributed by atoms with Crippen LogP contribution in [0.2, 0.25) is 0 Å². The summed E-state index contributed by atoms with van der Waals surface area (Å²) in [4.78, 5) is 36.8. The zero-order chi connectivity index (χ0) is 24.0. The maximum atomic E-state index is 12.4. The van der Waals surface area contributed by atoms with Gasteiger partial charge >= 0.3 is 6.09 Å². The van der Waals surface area contributed by atoms with Crippen LogP contribution in [0.15, 0.2) is 36.7 Å². The first kappa shape index (κ1) is 24.4. The average Bonchev–Trinajstić information content (AvgIpc) is 3.25. The van der Waals surface area contributed by atoms with Crippen LogP contribution in [0.25, 0.3) is 11.1 Å². The number of amides is 2. The highest BCUT2D eigenvalue weighted by atomic mass is 16.6. The minimum Gasteiger partial charge on any atom is -0.444 e. The minimum atomic E-state index is -0.617. The minimum absolute atomic E-state index is 0.0806. The molecule has 0 bridgehead atoms. The summed E-state index contributed by atoms with van der Waals surface area (Å²) in [6.45, 7) is 6.52. The first-order chi connectivity index (χ1) is 15.7. The van der Waals surface area contributed by atoms with Gasteiger partial charge in [-0.2, -0.15) is 0 Å². The molecule has 0 spiro atoms. The molecule has 1 saturated heterocycles. The molecule has 1 fully saturated rings. The Morgan fingerprint density at radius 1 is 1.24 bits per heavy atom. The highest BCUT2D eigenvalue weighted by molar-refractivity contribution is 5.82. The van der Waals surface area contributed by atoms with E-state index in [9.17, 15) is 14.7 Å². The molecule has 2 N–H and O–H groups in total. The van der Waals surface area contributed by atoms with E-state index in [4.69, 9.17) is 4.74 Å². The summed E-state index contributed by atoms with van der Waals surface area (Å²) in [5.41, 5.74) is 2.16. The van der Waals surface area contributed by atoms with Gasteiger partial charge in [-0.05, 0) is 50.8 Å². The summed E-state index contributed by atoms with van der Waals surface area (Å²) in [6.07, 6.45) is 4.93. The van der Waals surface area contributed by atoms with Gasteiger partial charge in [-0.25, -0.2) is 14.8 Å². The van der Waals surface area contributed by atoms with E-state index in [-0.39, 0.29) is 25.1 Å². The van der Waals surface area contributed by atoms with Gasteiger partial charge in [0.15, 0.2) is 0 Å². The van der Waals surface area contributed by atoms with Crippen LogP contribution < -0.4 is 10.2 Å². The van der Waals surface area contributed by atoms with Crippen molar-refractivity contribution in [2.45, 2.75) is 51.8 Å². The third-order valence-electron chi connectivity index (χ3n) is 5.37. The molecule has 0 aliphatic carbocycles. The molecule has 1 aliphatic rings. The van der Waals surface area contributed by atoms with Crippen LogP contribution in [0.3, 0.4) is 0 Å². The van der Waals surface area contributed by atoms with Crippen molar-refractivity contribution in [3.8, 4) is 11.1 Å². The Balaban J connectivity index is 1.59. The van der Waals surface area contributed by atoms with E-state index in [0.717, 1.165) is 36.1 Å². The maximum absolute atomic E-state index is 12.4. The van der Waals surface area contributed by atoms with E-state index >= 15 is 0 Å². The lowest BCUT2D eigenvalue weighted by atomic mass is 10.1. The Morgan fingerprint density at radius 3 is 2.64 bits per heavy atom. The summed E-state index contributed by atoms with van der Waals surface area (Å²) in [5.74, 6) is 0.414. The number of nitrogens with zero attached hydrogens (tertiary/aromatic N) is 4. The number of rotatable bonds is 7. The molecule has 33 heavy (non-hydrogen) atoms. The second-order valence-electron chi connectivity index (χ2n) is 9.25. The van der Waals surface area contributed by atoms with E-state index in [2.05, 4.69) is 15.3 Å². The van der Waals surface area contributed by atoms with Gasteiger partial charge < -0.3 is 25.0 Å². The predicted octanol–water partition coefficient (Wildman–Crippen LogP) is 2.59. The van der Waals surface area contributed by atoms with E-state index in [0.29, 0.717) is 12.5 Å². The number of aliphatic hydroxyl groups excluding tert-OH is 1. The molecule has 2 amide bonds. The van der Waals surface area contributed by atoms with Gasteiger partial charge in [0.05, 0.1) is 12.6 Å². The van der Waals surface area contributed by atoms with Crippen molar-refractivity contribution in [3.05, 3.63) is 42.2 Å². The van der Waals surface area contributed by atoms with Crippen LogP contribution in [0.4, 0.5) is 10.7 Å². The lowest BCUT2D eigenvalue weighted by molar-refractivity contribution is -0.129. The Labute approximate surface area is 194 Å². The molecule has 0 unspecified atom stereocenters. The standard InChI is InChI=1S/C24H33N5O4/c1-24(2,3)33-23(32)27-14-21(31)28(4)15-17-7-5-8-18(11-17)19-12-25-22(26-13-19)29-10-6-9-20(29)16-30/h5,7-8,11-13,20,30H,6,9-10,14-16H2,1-4H3,(H,27,32)/t20-/m1/s1. The van der Waals surface area contributed by atoms with E-state index in [1.54, 1.807) is 45.1 Å². The van der Waals surface area contributed by atoms with Crippen LogP contribution in [0.5, 0.6) is 0 Å². The van der Waals surface area contributed by atoms with Crippen molar-refractivity contribution in [3.63, 3.8) is 0 Å². The SMILES string of the molecule is CN(Cc1cccc(-c2cnc(N3CCC[C@@H]3CO)nc2)c1)C(=O)CNC(=O)OC(C)(C)C. The van der Waals surface area contributed by atoms with Crippen LogP contribution in [0, 0.1) is 0 Å². The fourth-order valence-electron chi connectivity index (χ4n) is 3.72. The number of aliphatic hydroxyl groups is 1. The molecule has 2 heterocycles. The molecular formula is C24H33N5O4. The average molecular weight is 456 g/mol. The fraction of sp³-hybridized carbons (Fsp3) is 0.500. The van der Waals surface area contributed by atoms with E-state index < -0.39 is 11.7 Å². The number of nitrogens with one attached hydrogen (secondary N) is 1. The quantitative estimate of drug-likeness (QED) is 0.661. The van der Waals surface area contributed by atoms with Crippen LogP contribution in [-0.2, 0) is 16.1 Å². The normalized spacial score (nSPS) is 15.9. The van der Waals surface area contributed by atoms with Crippen molar-refractivity contribution in [2.75, 3.05) is 31.6 Å². The van der Waals surface area contributed by atoms with Gasteiger partial charge in [-0.1, -0.05) is 18.2 Å². The number of hydrogen-bond acceptors (Lipinski definition) is 7. The molecular weight excluding hydrogens is 422 g/mol. The highest BCUT2D eigenvalue weighted by Gasteiger charge is 2.25. The van der Waals surface area contributed by atoms with E-state index in [1.165, 1.54) is 0 Å². The Bertz CT molecular complexity index is 958. The van der Waals surface area contributed by atoms with E-state index in [1.807, 2.05) is 29.2 Å². The van der Waals surface area contributed by atoms with Crippen molar-refractivity contribution in [2.24, 2.45) is 0 Å². The van der Waals surface area contributed by atoms with Crippen LogP contribution in [0.1, 0.15) is 39.2 Å². The molecule has 9 nitrogen and oxygen atoms in total. The summed E-state index contributed by atoms with van der Waals surface area (Å²) < 4.78 is 5.16. The fourth-order valence-corrected chi connectivity index (χ4v) is 3.72.